The van der Waals surface area contributed by atoms with E-state index in [-0.39, 0.29) is 11.8 Å². The molecular formula is C21H24FN3O2. The van der Waals surface area contributed by atoms with Crippen molar-refractivity contribution in [2.75, 3.05) is 16.8 Å². The number of hydrogen-bond acceptors (Lipinski definition) is 2. The van der Waals surface area contributed by atoms with Crippen LogP contribution in [0.4, 0.5) is 20.6 Å². The Kier molecular flexibility index (Phi) is 5.44. The number of carbonyl (C=O) groups is 2. The molecule has 0 spiro atoms. The zero-order chi connectivity index (χ0) is 19.6. The van der Waals surface area contributed by atoms with E-state index in [0.717, 1.165) is 17.7 Å². The average Bonchev–Trinajstić information content (AvgIpc) is 3.06. The summed E-state index contributed by atoms with van der Waals surface area (Å²) in [4.78, 5) is 27.2. The van der Waals surface area contributed by atoms with Gasteiger partial charge in [0.25, 0.3) is 0 Å². The molecule has 1 aliphatic heterocycles. The lowest BCUT2D eigenvalue weighted by Crippen LogP contribution is -2.52. The van der Waals surface area contributed by atoms with Crippen LogP contribution in [0.3, 0.4) is 0 Å². The lowest BCUT2D eigenvalue weighted by atomic mass is 10.0. The summed E-state index contributed by atoms with van der Waals surface area (Å²) in [5.41, 5.74) is 2.88. The van der Waals surface area contributed by atoms with E-state index in [4.69, 9.17) is 0 Å². The standard InChI is InChI=1S/C21H24FN3O2/c1-13(2)19(20(26)25-11-10-15-6-4-5-7-18(15)25)24-21(27)23-16-9-8-14(3)17(22)12-16/h4-9,12-13,19H,10-11H2,1-3H3,(H2,23,24,27). The smallest absolute Gasteiger partial charge is 0.319 e. The molecule has 0 aliphatic carbocycles. The zero-order valence-corrected chi connectivity index (χ0v) is 15.8. The molecule has 0 bridgehead atoms. The number of fused-ring (bicyclic) bond motifs is 1. The maximum Gasteiger partial charge on any atom is 0.319 e. The molecule has 0 aromatic heterocycles. The first-order valence-electron chi connectivity index (χ1n) is 9.09. The van der Waals surface area contributed by atoms with Gasteiger partial charge < -0.3 is 15.5 Å². The molecule has 0 saturated carbocycles. The number of amides is 3. The van der Waals surface area contributed by atoms with Gasteiger partial charge in [0.15, 0.2) is 0 Å². The van der Waals surface area contributed by atoms with Crippen molar-refractivity contribution in [3.05, 3.63) is 59.4 Å². The highest BCUT2D eigenvalue weighted by atomic mass is 19.1. The molecule has 142 valence electrons. The van der Waals surface area contributed by atoms with Gasteiger partial charge in [0, 0.05) is 17.9 Å². The summed E-state index contributed by atoms with van der Waals surface area (Å²) in [6.45, 7) is 6.03. The molecule has 2 N–H and O–H groups in total. The highest BCUT2D eigenvalue weighted by Gasteiger charge is 2.32. The molecule has 6 heteroatoms. The normalized spacial score (nSPS) is 14.0. The number of hydrogen-bond donors (Lipinski definition) is 2. The second-order valence-corrected chi connectivity index (χ2v) is 7.15. The van der Waals surface area contributed by atoms with E-state index in [2.05, 4.69) is 10.6 Å². The maximum absolute atomic E-state index is 13.7. The Bertz CT molecular complexity index is 866. The molecule has 2 aromatic rings. The minimum absolute atomic E-state index is 0.0919. The third kappa shape index (κ3) is 4.10. The Morgan fingerprint density at radius 1 is 1.15 bits per heavy atom. The summed E-state index contributed by atoms with van der Waals surface area (Å²) < 4.78 is 13.7. The molecule has 5 nitrogen and oxygen atoms in total. The van der Waals surface area contributed by atoms with Crippen LogP contribution < -0.4 is 15.5 Å². The van der Waals surface area contributed by atoms with Crippen LogP contribution in [0.15, 0.2) is 42.5 Å². The fourth-order valence-electron chi connectivity index (χ4n) is 3.23. The number of nitrogens with zero attached hydrogens (tertiary/aromatic N) is 1. The van der Waals surface area contributed by atoms with Gasteiger partial charge in [-0.3, -0.25) is 4.79 Å². The Hall–Kier alpha value is -2.89. The summed E-state index contributed by atoms with van der Waals surface area (Å²) in [6, 6.07) is 11.1. The Labute approximate surface area is 158 Å². The summed E-state index contributed by atoms with van der Waals surface area (Å²) in [5, 5.41) is 5.34. The SMILES string of the molecule is Cc1ccc(NC(=O)NC(C(=O)N2CCc3ccccc32)C(C)C)cc1F. The predicted octanol–water partition coefficient (Wildman–Crippen LogP) is 3.87. The molecule has 0 saturated heterocycles. The van der Waals surface area contributed by atoms with E-state index in [0.29, 0.717) is 17.8 Å². The summed E-state index contributed by atoms with van der Waals surface area (Å²) in [5.74, 6) is -0.621. The Morgan fingerprint density at radius 2 is 1.89 bits per heavy atom. The molecule has 1 heterocycles. The van der Waals surface area contributed by atoms with Crippen LogP contribution in [-0.4, -0.2) is 24.5 Å². The quantitative estimate of drug-likeness (QED) is 0.859. The number of para-hydroxylation sites is 1. The third-order valence-electron chi connectivity index (χ3n) is 4.80. The second kappa shape index (κ2) is 7.78. The van der Waals surface area contributed by atoms with Crippen molar-refractivity contribution in [3.8, 4) is 0 Å². The van der Waals surface area contributed by atoms with Crippen molar-refractivity contribution in [3.63, 3.8) is 0 Å². The van der Waals surface area contributed by atoms with Crippen LogP contribution in [0.2, 0.25) is 0 Å². The van der Waals surface area contributed by atoms with E-state index < -0.39 is 17.9 Å². The molecule has 2 aromatic carbocycles. The van der Waals surface area contributed by atoms with Gasteiger partial charge >= 0.3 is 6.03 Å². The summed E-state index contributed by atoms with van der Waals surface area (Å²) >= 11 is 0. The minimum Gasteiger partial charge on any atom is -0.326 e. The van der Waals surface area contributed by atoms with Crippen molar-refractivity contribution < 1.29 is 14.0 Å². The molecule has 0 radical (unpaired) electrons. The van der Waals surface area contributed by atoms with Crippen LogP contribution in [0.5, 0.6) is 0 Å². The van der Waals surface area contributed by atoms with E-state index in [1.54, 1.807) is 24.0 Å². The number of urea groups is 1. The topological polar surface area (TPSA) is 61.4 Å². The molecule has 27 heavy (non-hydrogen) atoms. The van der Waals surface area contributed by atoms with Crippen molar-refractivity contribution in [1.82, 2.24) is 5.32 Å². The van der Waals surface area contributed by atoms with Gasteiger partial charge in [-0.1, -0.05) is 38.1 Å². The zero-order valence-electron chi connectivity index (χ0n) is 15.8. The molecule has 3 amide bonds. The summed E-state index contributed by atoms with van der Waals surface area (Å²) in [6.07, 6.45) is 0.807. The number of halogens is 1. The van der Waals surface area contributed by atoms with Crippen LogP contribution in [0.1, 0.15) is 25.0 Å². The van der Waals surface area contributed by atoms with Crippen molar-refractivity contribution in [2.45, 2.75) is 33.2 Å². The van der Waals surface area contributed by atoms with Crippen molar-refractivity contribution in [2.24, 2.45) is 5.92 Å². The third-order valence-corrected chi connectivity index (χ3v) is 4.80. The van der Waals surface area contributed by atoms with E-state index in [9.17, 15) is 14.0 Å². The highest BCUT2D eigenvalue weighted by Crippen LogP contribution is 2.28. The fourth-order valence-corrected chi connectivity index (χ4v) is 3.23. The van der Waals surface area contributed by atoms with Gasteiger partial charge in [0.2, 0.25) is 5.91 Å². The molecular weight excluding hydrogens is 345 g/mol. The van der Waals surface area contributed by atoms with E-state index >= 15 is 0 Å². The first-order chi connectivity index (χ1) is 12.9. The first kappa shape index (κ1) is 18.9. The average molecular weight is 369 g/mol. The van der Waals surface area contributed by atoms with Gasteiger partial charge in [0.1, 0.15) is 11.9 Å². The lowest BCUT2D eigenvalue weighted by Gasteiger charge is -2.27. The Morgan fingerprint density at radius 3 is 2.59 bits per heavy atom. The molecule has 1 atom stereocenters. The molecule has 1 unspecified atom stereocenters. The number of rotatable bonds is 4. The van der Waals surface area contributed by atoms with Crippen LogP contribution in [0.25, 0.3) is 0 Å². The van der Waals surface area contributed by atoms with E-state index in [1.807, 2.05) is 38.1 Å². The number of anilines is 2. The second-order valence-electron chi connectivity index (χ2n) is 7.15. The Balaban J connectivity index is 1.71. The lowest BCUT2D eigenvalue weighted by molar-refractivity contribution is -0.121. The van der Waals surface area contributed by atoms with Gasteiger partial charge in [-0.05, 0) is 48.6 Å². The molecule has 0 fully saturated rings. The maximum atomic E-state index is 13.7. The number of carbonyl (C=O) groups excluding carboxylic acids is 2. The fraction of sp³-hybridized carbons (Fsp3) is 0.333. The molecule has 3 rings (SSSR count). The largest absolute Gasteiger partial charge is 0.326 e. The van der Waals surface area contributed by atoms with Crippen LogP contribution >= 0.6 is 0 Å². The van der Waals surface area contributed by atoms with Crippen molar-refractivity contribution in [1.29, 1.82) is 0 Å². The van der Waals surface area contributed by atoms with Gasteiger partial charge in [-0.15, -0.1) is 0 Å². The van der Waals surface area contributed by atoms with Crippen molar-refractivity contribution >= 4 is 23.3 Å². The minimum atomic E-state index is -0.675. The first-order valence-corrected chi connectivity index (χ1v) is 9.09. The van der Waals surface area contributed by atoms with Gasteiger partial charge in [0.05, 0.1) is 0 Å². The van der Waals surface area contributed by atoms with E-state index in [1.165, 1.54) is 6.07 Å². The van der Waals surface area contributed by atoms with Gasteiger partial charge in [-0.2, -0.15) is 0 Å². The summed E-state index contributed by atoms with van der Waals surface area (Å²) in [7, 11) is 0. The number of benzene rings is 2. The number of aryl methyl sites for hydroxylation is 1. The number of nitrogens with one attached hydrogen (secondary N) is 2. The van der Waals surface area contributed by atoms with Crippen LogP contribution in [0, 0.1) is 18.7 Å². The van der Waals surface area contributed by atoms with Crippen LogP contribution in [-0.2, 0) is 11.2 Å². The monoisotopic (exact) mass is 369 g/mol. The van der Waals surface area contributed by atoms with Gasteiger partial charge in [-0.25, -0.2) is 9.18 Å². The molecule has 1 aliphatic rings. The predicted molar refractivity (Wildman–Crippen MR) is 104 cm³/mol. The highest BCUT2D eigenvalue weighted by molar-refractivity contribution is 6.02.